The zero-order valence-electron chi connectivity index (χ0n) is 10.6. The van der Waals surface area contributed by atoms with Crippen LogP contribution in [0.5, 0.6) is 0 Å². The molecule has 3 nitrogen and oxygen atoms in total. The predicted molar refractivity (Wildman–Crippen MR) is 65.2 cm³/mol. The second-order valence-electron chi connectivity index (χ2n) is 5.49. The van der Waals surface area contributed by atoms with Crippen LogP contribution in [0.1, 0.15) is 46.0 Å². The third-order valence-corrected chi connectivity index (χ3v) is 4.28. The molecule has 0 saturated carbocycles. The number of fused-ring (bicyclic) bond motifs is 3. The van der Waals surface area contributed by atoms with Crippen LogP contribution in [0, 0.1) is 5.92 Å². The van der Waals surface area contributed by atoms with Gasteiger partial charge < -0.3 is 10.2 Å². The van der Waals surface area contributed by atoms with E-state index in [0.29, 0.717) is 5.92 Å². The fourth-order valence-corrected chi connectivity index (χ4v) is 3.50. The van der Waals surface area contributed by atoms with E-state index in [9.17, 15) is 4.79 Å². The van der Waals surface area contributed by atoms with E-state index in [-0.39, 0.29) is 11.4 Å². The minimum atomic E-state index is 0.0956. The van der Waals surface area contributed by atoms with Crippen LogP contribution < -0.4 is 5.32 Å². The highest BCUT2D eigenvalue weighted by atomic mass is 16.1. The van der Waals surface area contributed by atoms with E-state index in [1.165, 1.54) is 38.8 Å². The maximum Gasteiger partial charge on any atom is 0.217 e. The molecule has 3 heteroatoms. The molecule has 3 rings (SSSR count). The summed E-state index contributed by atoms with van der Waals surface area (Å²) in [5.74, 6) is 0.859. The molecule has 0 aromatic rings. The van der Waals surface area contributed by atoms with Crippen molar-refractivity contribution < 1.29 is 4.79 Å². The third-order valence-electron chi connectivity index (χ3n) is 4.28. The smallest absolute Gasteiger partial charge is 0.217 e. The normalized spacial score (nSPS) is 37.4. The van der Waals surface area contributed by atoms with Crippen molar-refractivity contribution in [2.45, 2.75) is 51.5 Å². The Morgan fingerprint density at radius 3 is 2.56 bits per heavy atom. The van der Waals surface area contributed by atoms with Gasteiger partial charge in [-0.25, -0.2) is 0 Å². The van der Waals surface area contributed by atoms with Crippen LogP contribution in [0.4, 0.5) is 0 Å². The molecule has 16 heavy (non-hydrogen) atoms. The molecule has 0 spiro atoms. The van der Waals surface area contributed by atoms with Gasteiger partial charge in [0.2, 0.25) is 5.91 Å². The highest BCUT2D eigenvalue weighted by Gasteiger charge is 2.46. The van der Waals surface area contributed by atoms with Gasteiger partial charge in [0.25, 0.3) is 0 Å². The molecule has 3 heterocycles. The zero-order chi connectivity index (χ0) is 11.6. The lowest BCUT2D eigenvalue weighted by atomic mass is 9.70. The van der Waals surface area contributed by atoms with E-state index < -0.39 is 0 Å². The van der Waals surface area contributed by atoms with E-state index >= 15 is 0 Å². The summed E-state index contributed by atoms with van der Waals surface area (Å²) in [5, 5.41) is 3.28. The molecule has 2 bridgehead atoms. The van der Waals surface area contributed by atoms with Crippen molar-refractivity contribution in [3.05, 3.63) is 0 Å². The van der Waals surface area contributed by atoms with Crippen molar-refractivity contribution in [2.75, 3.05) is 19.6 Å². The second kappa shape index (κ2) is 4.74. The monoisotopic (exact) mass is 224 g/mol. The highest BCUT2D eigenvalue weighted by molar-refractivity contribution is 5.74. The van der Waals surface area contributed by atoms with Gasteiger partial charge in [-0.15, -0.1) is 0 Å². The van der Waals surface area contributed by atoms with Crippen molar-refractivity contribution in [3.8, 4) is 0 Å². The molecule has 0 aromatic carbocycles. The molecule has 0 aliphatic carbocycles. The maximum atomic E-state index is 11.4. The number of hydrogen-bond acceptors (Lipinski definition) is 2. The van der Waals surface area contributed by atoms with Gasteiger partial charge in [0.15, 0.2) is 0 Å². The minimum absolute atomic E-state index is 0.0956. The Bertz CT molecular complexity index is 259. The van der Waals surface area contributed by atoms with Gasteiger partial charge in [0.1, 0.15) is 0 Å². The number of piperidine rings is 3. The molecule has 3 fully saturated rings. The fraction of sp³-hybridized carbons (Fsp3) is 0.923. The molecule has 1 unspecified atom stereocenters. The Balaban J connectivity index is 2.10. The number of carbonyl (C=O) groups excluding carboxylic acids is 1. The van der Waals surface area contributed by atoms with Gasteiger partial charge >= 0.3 is 0 Å². The van der Waals surface area contributed by atoms with Crippen LogP contribution in [0.3, 0.4) is 0 Å². The molecule has 0 aromatic heterocycles. The SMILES string of the molecule is CCCCC1(NC(C)=O)CN2CCC1CC2. The van der Waals surface area contributed by atoms with Gasteiger partial charge in [0.05, 0.1) is 5.54 Å². The first kappa shape index (κ1) is 11.9. The summed E-state index contributed by atoms with van der Waals surface area (Å²) in [5.41, 5.74) is 0.0956. The lowest BCUT2D eigenvalue weighted by Crippen LogP contribution is -2.66. The first-order valence-electron chi connectivity index (χ1n) is 6.67. The van der Waals surface area contributed by atoms with Crippen LogP contribution in [0.25, 0.3) is 0 Å². The van der Waals surface area contributed by atoms with E-state index in [4.69, 9.17) is 0 Å². The van der Waals surface area contributed by atoms with Crippen molar-refractivity contribution in [1.29, 1.82) is 0 Å². The summed E-state index contributed by atoms with van der Waals surface area (Å²) in [6.45, 7) is 7.43. The maximum absolute atomic E-state index is 11.4. The Morgan fingerprint density at radius 1 is 1.44 bits per heavy atom. The average molecular weight is 224 g/mol. The summed E-state index contributed by atoms with van der Waals surface area (Å²) >= 11 is 0. The lowest BCUT2D eigenvalue weighted by Gasteiger charge is -2.53. The number of hydrogen-bond donors (Lipinski definition) is 1. The van der Waals surface area contributed by atoms with Gasteiger partial charge in [-0.05, 0) is 38.3 Å². The number of nitrogens with zero attached hydrogens (tertiary/aromatic N) is 1. The van der Waals surface area contributed by atoms with Gasteiger partial charge in [-0.2, -0.15) is 0 Å². The average Bonchev–Trinajstić information content (AvgIpc) is 2.27. The van der Waals surface area contributed by atoms with E-state index in [1.54, 1.807) is 6.92 Å². The molecule has 3 aliphatic rings. The molecule has 0 radical (unpaired) electrons. The van der Waals surface area contributed by atoms with Crippen molar-refractivity contribution in [1.82, 2.24) is 10.2 Å². The molecule has 1 N–H and O–H groups in total. The lowest BCUT2D eigenvalue weighted by molar-refractivity contribution is -0.124. The first-order chi connectivity index (χ1) is 7.66. The van der Waals surface area contributed by atoms with Crippen LogP contribution in [0.15, 0.2) is 0 Å². The first-order valence-corrected chi connectivity index (χ1v) is 6.67. The summed E-state index contributed by atoms with van der Waals surface area (Å²) < 4.78 is 0. The van der Waals surface area contributed by atoms with E-state index in [0.717, 1.165) is 13.0 Å². The molecular weight excluding hydrogens is 200 g/mol. The molecule has 3 saturated heterocycles. The third kappa shape index (κ3) is 2.24. The summed E-state index contributed by atoms with van der Waals surface area (Å²) in [4.78, 5) is 13.9. The molecule has 1 amide bonds. The highest BCUT2D eigenvalue weighted by Crippen LogP contribution is 2.38. The van der Waals surface area contributed by atoms with Crippen molar-refractivity contribution >= 4 is 5.91 Å². The Hall–Kier alpha value is -0.570. The Morgan fingerprint density at radius 2 is 2.12 bits per heavy atom. The fourth-order valence-electron chi connectivity index (χ4n) is 3.50. The van der Waals surface area contributed by atoms with Crippen molar-refractivity contribution in [2.24, 2.45) is 5.92 Å². The number of unbranched alkanes of at least 4 members (excludes halogenated alkanes) is 1. The van der Waals surface area contributed by atoms with Crippen LogP contribution in [-0.2, 0) is 4.79 Å². The van der Waals surface area contributed by atoms with Crippen LogP contribution in [0.2, 0.25) is 0 Å². The number of carbonyl (C=O) groups is 1. The molecule has 3 aliphatic heterocycles. The summed E-state index contributed by atoms with van der Waals surface area (Å²) in [6, 6.07) is 0. The largest absolute Gasteiger partial charge is 0.349 e. The molecule has 92 valence electrons. The van der Waals surface area contributed by atoms with Gasteiger partial charge in [-0.3, -0.25) is 4.79 Å². The standard InChI is InChI=1S/C13H24N2O/c1-3-4-7-13(14-11(2)16)10-15-8-5-12(13)6-9-15/h12H,3-10H2,1-2H3,(H,14,16). The zero-order valence-corrected chi connectivity index (χ0v) is 10.6. The quantitative estimate of drug-likeness (QED) is 0.789. The van der Waals surface area contributed by atoms with Crippen molar-refractivity contribution in [3.63, 3.8) is 0 Å². The molecule has 1 atom stereocenters. The van der Waals surface area contributed by atoms with E-state index in [2.05, 4.69) is 17.1 Å². The Labute approximate surface area is 98.6 Å². The molecular formula is C13H24N2O. The van der Waals surface area contributed by atoms with Crippen LogP contribution in [-0.4, -0.2) is 36.0 Å². The Kier molecular flexibility index (Phi) is 3.53. The van der Waals surface area contributed by atoms with Gasteiger partial charge in [0, 0.05) is 13.5 Å². The number of rotatable bonds is 4. The van der Waals surface area contributed by atoms with Crippen LogP contribution >= 0.6 is 0 Å². The number of amides is 1. The number of nitrogens with one attached hydrogen (secondary N) is 1. The van der Waals surface area contributed by atoms with E-state index in [1.807, 2.05) is 0 Å². The minimum Gasteiger partial charge on any atom is -0.349 e. The summed E-state index contributed by atoms with van der Waals surface area (Å²) in [7, 11) is 0. The van der Waals surface area contributed by atoms with Gasteiger partial charge in [-0.1, -0.05) is 19.8 Å². The topological polar surface area (TPSA) is 32.3 Å². The second-order valence-corrected chi connectivity index (χ2v) is 5.49. The summed E-state index contributed by atoms with van der Waals surface area (Å²) in [6.07, 6.45) is 6.14. The predicted octanol–water partition coefficient (Wildman–Crippen LogP) is 1.78.